The van der Waals surface area contributed by atoms with E-state index in [2.05, 4.69) is 0 Å². The average molecular weight is 430 g/mol. The van der Waals surface area contributed by atoms with Gasteiger partial charge in [0.2, 0.25) is 15.8 Å². The van der Waals surface area contributed by atoms with Crippen LogP contribution in [0.4, 0.5) is 0 Å². The maximum absolute atomic E-state index is 12.9. The quantitative estimate of drug-likeness (QED) is 0.514. The molecule has 6 nitrogen and oxygen atoms in total. The van der Waals surface area contributed by atoms with Gasteiger partial charge in [-0.2, -0.15) is 4.31 Å². The summed E-state index contributed by atoms with van der Waals surface area (Å²) >= 11 is 0. The molecule has 0 N–H and O–H groups in total. The number of ether oxygens (including phenoxy) is 1. The van der Waals surface area contributed by atoms with Gasteiger partial charge in [0, 0.05) is 18.7 Å². The monoisotopic (exact) mass is 429 g/mol. The normalized spacial score (nSPS) is 16.1. The van der Waals surface area contributed by atoms with Gasteiger partial charge in [-0.25, -0.2) is 13.2 Å². The Balaban J connectivity index is 1.74. The van der Waals surface area contributed by atoms with Gasteiger partial charge in [-0.3, -0.25) is 4.79 Å². The van der Waals surface area contributed by atoms with E-state index in [1.165, 1.54) is 35.5 Å². The van der Waals surface area contributed by atoms with Gasteiger partial charge in [-0.1, -0.05) is 24.6 Å². The molecule has 3 rings (SSSR count). The van der Waals surface area contributed by atoms with E-state index in [0.717, 1.165) is 30.4 Å². The van der Waals surface area contributed by atoms with Gasteiger partial charge in [0.05, 0.1) is 10.5 Å². The number of nitrogens with zero attached hydrogens (tertiary/aromatic N) is 1. The Kier molecular flexibility index (Phi) is 6.73. The van der Waals surface area contributed by atoms with E-state index in [9.17, 15) is 18.0 Å². The molecule has 0 aromatic heterocycles. The van der Waals surface area contributed by atoms with E-state index >= 15 is 0 Å². The molecule has 0 aliphatic carbocycles. The number of esters is 1. The molecular weight excluding hydrogens is 402 g/mol. The molecule has 1 unspecified atom stereocenters. The molecule has 0 saturated carbocycles. The molecular formula is C23H27NO5S. The maximum Gasteiger partial charge on any atom is 0.338 e. The molecule has 0 amide bonds. The van der Waals surface area contributed by atoms with Crippen molar-refractivity contribution in [2.24, 2.45) is 0 Å². The van der Waals surface area contributed by atoms with Crippen LogP contribution in [0.1, 0.15) is 58.0 Å². The number of Topliss-reactive ketones (excluding diaryl/α,β-unsaturated/α-hetero) is 1. The van der Waals surface area contributed by atoms with Crippen molar-refractivity contribution in [2.45, 2.75) is 51.0 Å². The van der Waals surface area contributed by atoms with Gasteiger partial charge < -0.3 is 4.74 Å². The molecule has 7 heteroatoms. The Morgan fingerprint density at radius 1 is 0.933 bits per heavy atom. The Morgan fingerprint density at radius 2 is 1.63 bits per heavy atom. The van der Waals surface area contributed by atoms with Gasteiger partial charge in [-0.05, 0) is 69.0 Å². The van der Waals surface area contributed by atoms with E-state index in [0.29, 0.717) is 18.7 Å². The molecule has 1 aliphatic rings. The van der Waals surface area contributed by atoms with E-state index in [4.69, 9.17) is 4.74 Å². The predicted octanol–water partition coefficient (Wildman–Crippen LogP) is 3.91. The van der Waals surface area contributed by atoms with E-state index in [1.54, 1.807) is 12.1 Å². The van der Waals surface area contributed by atoms with Gasteiger partial charge in [0.1, 0.15) is 0 Å². The standard InChI is InChI=1S/C23H27NO5S/c1-16-10-11-19(14-17(16)2)22(25)18(3)29-23(26)20-8-7-9-21(15-20)30(27,28)24-12-5-4-6-13-24/h7-11,14-15,18H,4-6,12-13H2,1-3H3. The lowest BCUT2D eigenvalue weighted by Crippen LogP contribution is -2.35. The van der Waals surface area contributed by atoms with Crippen molar-refractivity contribution in [1.29, 1.82) is 0 Å². The predicted molar refractivity (Wildman–Crippen MR) is 114 cm³/mol. The first kappa shape index (κ1) is 22.2. The first-order valence-corrected chi connectivity index (χ1v) is 11.6. The molecule has 160 valence electrons. The van der Waals surface area contributed by atoms with Crippen molar-refractivity contribution in [3.8, 4) is 0 Å². The topological polar surface area (TPSA) is 80.8 Å². The lowest BCUT2D eigenvalue weighted by atomic mass is 10.0. The molecule has 0 radical (unpaired) electrons. The molecule has 2 aromatic carbocycles. The highest BCUT2D eigenvalue weighted by Gasteiger charge is 2.27. The number of rotatable bonds is 6. The molecule has 0 spiro atoms. The van der Waals surface area contributed by atoms with Crippen molar-refractivity contribution in [3.63, 3.8) is 0 Å². The summed E-state index contributed by atoms with van der Waals surface area (Å²) in [4.78, 5) is 25.3. The minimum atomic E-state index is -3.66. The Hall–Kier alpha value is -2.51. The van der Waals surface area contributed by atoms with Gasteiger partial charge >= 0.3 is 5.97 Å². The largest absolute Gasteiger partial charge is 0.451 e. The number of carbonyl (C=O) groups is 2. The Bertz CT molecular complexity index is 1060. The first-order valence-electron chi connectivity index (χ1n) is 10.1. The molecule has 1 heterocycles. The summed E-state index contributed by atoms with van der Waals surface area (Å²) in [5.74, 6) is -1.03. The molecule has 1 saturated heterocycles. The number of piperidine rings is 1. The van der Waals surface area contributed by atoms with Crippen molar-refractivity contribution >= 4 is 21.8 Å². The van der Waals surface area contributed by atoms with Crippen LogP contribution in [0.15, 0.2) is 47.4 Å². The fourth-order valence-corrected chi connectivity index (χ4v) is 5.01. The van der Waals surface area contributed by atoms with Crippen LogP contribution in [0, 0.1) is 13.8 Å². The molecule has 0 bridgehead atoms. The van der Waals surface area contributed by atoms with Gasteiger partial charge in [0.15, 0.2) is 6.10 Å². The number of carbonyl (C=O) groups excluding carboxylic acids is 2. The van der Waals surface area contributed by atoms with Crippen LogP contribution in [0.2, 0.25) is 0 Å². The zero-order valence-corrected chi connectivity index (χ0v) is 18.4. The first-order chi connectivity index (χ1) is 14.2. The van der Waals surface area contributed by atoms with Crippen LogP contribution in [-0.2, 0) is 14.8 Å². The maximum atomic E-state index is 12.9. The molecule has 1 aliphatic heterocycles. The zero-order chi connectivity index (χ0) is 21.9. The summed E-state index contributed by atoms with van der Waals surface area (Å²) in [5, 5.41) is 0. The van der Waals surface area contributed by atoms with E-state index in [-0.39, 0.29) is 16.2 Å². The highest BCUT2D eigenvalue weighted by atomic mass is 32.2. The number of aryl methyl sites for hydroxylation is 2. The lowest BCUT2D eigenvalue weighted by molar-refractivity contribution is 0.0318. The van der Waals surface area contributed by atoms with Crippen LogP contribution in [0.5, 0.6) is 0 Å². The fraction of sp³-hybridized carbons (Fsp3) is 0.391. The molecule has 1 atom stereocenters. The smallest absolute Gasteiger partial charge is 0.338 e. The van der Waals surface area contributed by atoms with Crippen LogP contribution in [-0.4, -0.2) is 43.7 Å². The SMILES string of the molecule is Cc1ccc(C(=O)C(C)OC(=O)c2cccc(S(=O)(=O)N3CCCCC3)c2)cc1C. The minimum absolute atomic E-state index is 0.0620. The van der Waals surface area contributed by atoms with Crippen molar-refractivity contribution in [2.75, 3.05) is 13.1 Å². The Morgan fingerprint density at radius 3 is 2.30 bits per heavy atom. The molecule has 30 heavy (non-hydrogen) atoms. The second-order valence-electron chi connectivity index (χ2n) is 7.70. The number of sulfonamides is 1. The third-order valence-electron chi connectivity index (χ3n) is 5.47. The van der Waals surface area contributed by atoms with E-state index < -0.39 is 22.1 Å². The summed E-state index contributed by atoms with van der Waals surface area (Å²) in [6.07, 6.45) is 1.70. The zero-order valence-electron chi connectivity index (χ0n) is 17.6. The van der Waals surface area contributed by atoms with Crippen molar-refractivity contribution in [3.05, 3.63) is 64.7 Å². The van der Waals surface area contributed by atoms with E-state index in [1.807, 2.05) is 19.9 Å². The van der Waals surface area contributed by atoms with Crippen LogP contribution >= 0.6 is 0 Å². The molecule has 2 aromatic rings. The summed E-state index contributed by atoms with van der Waals surface area (Å²) in [6.45, 7) is 6.36. The number of hydrogen-bond acceptors (Lipinski definition) is 5. The minimum Gasteiger partial charge on any atom is -0.451 e. The highest BCUT2D eigenvalue weighted by Crippen LogP contribution is 2.22. The van der Waals surface area contributed by atoms with Crippen LogP contribution in [0.3, 0.4) is 0 Å². The number of ketones is 1. The second kappa shape index (κ2) is 9.10. The number of benzene rings is 2. The van der Waals surface area contributed by atoms with Gasteiger partial charge in [-0.15, -0.1) is 0 Å². The number of hydrogen-bond donors (Lipinski definition) is 0. The summed E-state index contributed by atoms with van der Waals surface area (Å²) in [7, 11) is -3.66. The van der Waals surface area contributed by atoms with Crippen molar-refractivity contribution in [1.82, 2.24) is 4.31 Å². The third kappa shape index (κ3) is 4.79. The summed E-state index contributed by atoms with van der Waals surface area (Å²) < 4.78 is 32.5. The second-order valence-corrected chi connectivity index (χ2v) is 9.64. The Labute approximate surface area is 177 Å². The van der Waals surface area contributed by atoms with Crippen molar-refractivity contribution < 1.29 is 22.7 Å². The summed E-state index contributed by atoms with van der Waals surface area (Å²) in [5.41, 5.74) is 2.63. The molecule has 1 fully saturated rings. The van der Waals surface area contributed by atoms with Gasteiger partial charge in [0.25, 0.3) is 0 Å². The summed E-state index contributed by atoms with van der Waals surface area (Å²) in [6, 6.07) is 11.1. The third-order valence-corrected chi connectivity index (χ3v) is 7.36. The average Bonchev–Trinajstić information content (AvgIpc) is 2.75. The fourth-order valence-electron chi connectivity index (χ4n) is 3.45. The van der Waals surface area contributed by atoms with Crippen LogP contribution in [0.25, 0.3) is 0 Å². The highest BCUT2D eigenvalue weighted by molar-refractivity contribution is 7.89. The lowest BCUT2D eigenvalue weighted by Gasteiger charge is -2.26. The van der Waals surface area contributed by atoms with Crippen LogP contribution < -0.4 is 0 Å².